The van der Waals surface area contributed by atoms with Gasteiger partial charge >= 0.3 is 5.63 Å². The molecule has 0 saturated heterocycles. The minimum atomic E-state index is -1.00. The smallest absolute Gasteiger partial charge is 0.344 e. The molecular weight excluding hydrogens is 382 g/mol. The molecule has 6 nitrogen and oxygen atoms in total. The highest BCUT2D eigenvalue weighted by atomic mass is 16.5. The molecule has 3 aromatic carbocycles. The number of para-hydroxylation sites is 2. The molecule has 0 spiro atoms. The molecule has 5 rings (SSSR count). The summed E-state index contributed by atoms with van der Waals surface area (Å²) in [4.78, 5) is 26.0. The van der Waals surface area contributed by atoms with Gasteiger partial charge in [-0.25, -0.2) is 4.79 Å². The van der Waals surface area contributed by atoms with Gasteiger partial charge in [-0.15, -0.1) is 0 Å². The number of carbonyl (C=O) groups is 1. The van der Waals surface area contributed by atoms with Gasteiger partial charge in [0.1, 0.15) is 17.1 Å². The van der Waals surface area contributed by atoms with Gasteiger partial charge < -0.3 is 19.6 Å². The molecule has 0 fully saturated rings. The summed E-state index contributed by atoms with van der Waals surface area (Å²) in [7, 11) is 0. The molecule has 0 aliphatic carbocycles. The van der Waals surface area contributed by atoms with Crippen molar-refractivity contribution >= 4 is 22.6 Å². The highest BCUT2D eigenvalue weighted by molar-refractivity contribution is 5.97. The number of phenolic OH excluding ortho intramolecular Hbond substituents is 1. The van der Waals surface area contributed by atoms with E-state index < -0.39 is 23.6 Å². The first kappa shape index (κ1) is 18.0. The predicted molar refractivity (Wildman–Crippen MR) is 112 cm³/mol. The molecule has 2 N–H and O–H groups in total. The van der Waals surface area contributed by atoms with E-state index in [1.54, 1.807) is 42.5 Å². The summed E-state index contributed by atoms with van der Waals surface area (Å²) in [6.07, 6.45) is -1.00. The van der Waals surface area contributed by atoms with Crippen molar-refractivity contribution in [3.63, 3.8) is 0 Å². The molecule has 30 heavy (non-hydrogen) atoms. The number of amides is 1. The minimum absolute atomic E-state index is 0.0355. The Balaban J connectivity index is 1.66. The number of nitrogens with one attached hydrogen (secondary N) is 1. The quantitative estimate of drug-likeness (QED) is 0.508. The summed E-state index contributed by atoms with van der Waals surface area (Å²) in [6.45, 7) is 0. The van der Waals surface area contributed by atoms with E-state index in [0.717, 1.165) is 0 Å². The third kappa shape index (κ3) is 2.99. The number of benzene rings is 3. The number of carbonyl (C=O) groups excluding carboxylic acids is 1. The van der Waals surface area contributed by atoms with Crippen molar-refractivity contribution in [1.29, 1.82) is 0 Å². The molecule has 4 aromatic rings. The van der Waals surface area contributed by atoms with E-state index in [9.17, 15) is 14.7 Å². The van der Waals surface area contributed by atoms with Gasteiger partial charge in [0.15, 0.2) is 6.10 Å². The molecule has 6 heteroatoms. The second-order valence-corrected chi connectivity index (χ2v) is 7.09. The SMILES string of the molecule is O=C(Nc1ccccc1)[C@@H]1Oc2c(c(=O)oc3ccccc23)[C@H]1c1cccc(O)c1. The maximum atomic E-state index is 13.2. The van der Waals surface area contributed by atoms with E-state index in [-0.39, 0.29) is 11.3 Å². The zero-order valence-corrected chi connectivity index (χ0v) is 15.7. The van der Waals surface area contributed by atoms with Gasteiger partial charge in [0.2, 0.25) is 0 Å². The third-order valence-corrected chi connectivity index (χ3v) is 5.19. The summed E-state index contributed by atoms with van der Waals surface area (Å²) >= 11 is 0. The van der Waals surface area contributed by atoms with Crippen LogP contribution in [0, 0.1) is 0 Å². The van der Waals surface area contributed by atoms with Crippen molar-refractivity contribution in [3.05, 3.63) is 100 Å². The Hall–Kier alpha value is -4.06. The first-order chi connectivity index (χ1) is 14.6. The van der Waals surface area contributed by atoms with Crippen LogP contribution in [0.4, 0.5) is 5.69 Å². The van der Waals surface area contributed by atoms with Crippen molar-refractivity contribution in [2.75, 3.05) is 5.32 Å². The summed E-state index contributed by atoms with van der Waals surface area (Å²) < 4.78 is 11.6. The predicted octanol–water partition coefficient (Wildman–Crippen LogP) is 4.03. The first-order valence-corrected chi connectivity index (χ1v) is 9.49. The first-order valence-electron chi connectivity index (χ1n) is 9.49. The zero-order chi connectivity index (χ0) is 20.7. The van der Waals surface area contributed by atoms with E-state index in [1.165, 1.54) is 12.1 Å². The Morgan fingerprint density at radius 3 is 2.50 bits per heavy atom. The fraction of sp³-hybridized carbons (Fsp3) is 0.0833. The number of aromatic hydroxyl groups is 1. The van der Waals surface area contributed by atoms with Crippen LogP contribution in [0.25, 0.3) is 11.0 Å². The summed E-state index contributed by atoms with van der Waals surface area (Å²) in [5.74, 6) is -0.748. The van der Waals surface area contributed by atoms with Crippen molar-refractivity contribution in [1.82, 2.24) is 0 Å². The van der Waals surface area contributed by atoms with Gasteiger partial charge in [-0.3, -0.25) is 4.79 Å². The van der Waals surface area contributed by atoms with Crippen LogP contribution in [-0.4, -0.2) is 17.1 Å². The lowest BCUT2D eigenvalue weighted by atomic mass is 9.88. The van der Waals surface area contributed by atoms with Crippen LogP contribution in [-0.2, 0) is 4.79 Å². The Morgan fingerprint density at radius 2 is 1.70 bits per heavy atom. The van der Waals surface area contributed by atoms with Crippen molar-refractivity contribution in [2.45, 2.75) is 12.0 Å². The molecule has 2 atom stereocenters. The summed E-state index contributed by atoms with van der Waals surface area (Å²) in [5, 5.41) is 13.4. The average Bonchev–Trinajstić information content (AvgIpc) is 3.16. The number of anilines is 1. The molecule has 0 saturated carbocycles. The molecule has 1 aliphatic rings. The lowest BCUT2D eigenvalue weighted by Crippen LogP contribution is -2.35. The van der Waals surface area contributed by atoms with Gasteiger partial charge in [-0.2, -0.15) is 0 Å². The van der Waals surface area contributed by atoms with Gasteiger partial charge in [0, 0.05) is 5.69 Å². The standard InChI is InChI=1S/C24H17NO5/c26-16-10-6-7-14(13-16)19-20-21(17-11-4-5-12-18(17)29-24(20)28)30-22(19)23(27)25-15-8-2-1-3-9-15/h1-13,19,22,26H,(H,25,27)/t19-,22-/m1/s1. The van der Waals surface area contributed by atoms with Crippen LogP contribution in [0.3, 0.4) is 0 Å². The van der Waals surface area contributed by atoms with Crippen molar-refractivity contribution in [2.24, 2.45) is 0 Å². The fourth-order valence-electron chi connectivity index (χ4n) is 3.88. The van der Waals surface area contributed by atoms with E-state index in [2.05, 4.69) is 5.32 Å². The lowest BCUT2D eigenvalue weighted by Gasteiger charge is -2.19. The Morgan fingerprint density at radius 1 is 0.933 bits per heavy atom. The summed E-state index contributed by atoms with van der Waals surface area (Å²) in [6, 6.07) is 22.5. The molecule has 148 valence electrons. The van der Waals surface area contributed by atoms with Crippen LogP contribution >= 0.6 is 0 Å². The van der Waals surface area contributed by atoms with Crippen molar-refractivity contribution in [3.8, 4) is 11.5 Å². The maximum absolute atomic E-state index is 13.2. The topological polar surface area (TPSA) is 88.8 Å². The van der Waals surface area contributed by atoms with Gasteiger partial charge in [0.05, 0.1) is 16.9 Å². The number of ether oxygens (including phenoxy) is 1. The largest absolute Gasteiger partial charge is 0.508 e. The average molecular weight is 399 g/mol. The van der Waals surface area contributed by atoms with Gasteiger partial charge in [0.25, 0.3) is 5.91 Å². The Kier molecular flexibility index (Phi) is 4.25. The Labute approximate surface area is 171 Å². The number of rotatable bonds is 3. The maximum Gasteiger partial charge on any atom is 0.344 e. The van der Waals surface area contributed by atoms with Gasteiger partial charge in [-0.1, -0.05) is 42.5 Å². The van der Waals surface area contributed by atoms with Crippen molar-refractivity contribution < 1.29 is 19.1 Å². The molecule has 1 aliphatic heterocycles. The molecule has 0 unspecified atom stereocenters. The number of phenols is 1. The molecule has 1 aromatic heterocycles. The van der Waals surface area contributed by atoms with Crippen LogP contribution in [0.5, 0.6) is 11.5 Å². The summed E-state index contributed by atoms with van der Waals surface area (Å²) in [5.41, 5.74) is 1.30. The van der Waals surface area contributed by atoms with Crippen LogP contribution in [0.1, 0.15) is 17.0 Å². The number of hydrogen-bond donors (Lipinski definition) is 2. The second kappa shape index (κ2) is 7.08. The minimum Gasteiger partial charge on any atom is -0.508 e. The van der Waals surface area contributed by atoms with E-state index in [4.69, 9.17) is 9.15 Å². The normalized spacial score (nSPS) is 17.3. The Bertz CT molecular complexity index is 1310. The van der Waals surface area contributed by atoms with Crippen LogP contribution in [0.15, 0.2) is 88.1 Å². The lowest BCUT2D eigenvalue weighted by molar-refractivity contribution is -0.122. The third-order valence-electron chi connectivity index (χ3n) is 5.19. The number of fused-ring (bicyclic) bond motifs is 3. The highest BCUT2D eigenvalue weighted by Crippen LogP contribution is 2.44. The monoisotopic (exact) mass is 399 g/mol. The molecular formula is C24H17NO5. The molecule has 0 bridgehead atoms. The molecule has 2 heterocycles. The van der Waals surface area contributed by atoms with Crippen LogP contribution < -0.4 is 15.7 Å². The molecule has 0 radical (unpaired) electrons. The highest BCUT2D eigenvalue weighted by Gasteiger charge is 2.44. The van der Waals surface area contributed by atoms with Gasteiger partial charge in [-0.05, 0) is 42.0 Å². The van der Waals surface area contributed by atoms with E-state index in [1.807, 2.05) is 24.3 Å². The van der Waals surface area contributed by atoms with Crippen LogP contribution in [0.2, 0.25) is 0 Å². The zero-order valence-electron chi connectivity index (χ0n) is 15.7. The number of hydrogen-bond acceptors (Lipinski definition) is 5. The van der Waals surface area contributed by atoms with E-state index >= 15 is 0 Å². The fourth-order valence-corrected chi connectivity index (χ4v) is 3.88. The second-order valence-electron chi connectivity index (χ2n) is 7.09. The van der Waals surface area contributed by atoms with E-state index in [0.29, 0.717) is 28.0 Å². The molecule has 1 amide bonds.